The molecule has 0 fully saturated rings. The zero-order valence-electron chi connectivity index (χ0n) is 5.92. The quantitative estimate of drug-likeness (QED) is 0.831. The Morgan fingerprint density at radius 3 is 2.55 bits per heavy atom. The standard InChI is InChI=1S/C7H8Br2OS/c1-4(8)7(10)5-2-3-6(9)11-5/h2-4,7,10H,1H3. The van der Waals surface area contributed by atoms with Crippen LogP contribution >= 0.6 is 43.2 Å². The normalized spacial score (nSPS) is 16.4. The molecule has 2 unspecified atom stereocenters. The van der Waals surface area contributed by atoms with E-state index in [4.69, 9.17) is 0 Å². The highest BCUT2D eigenvalue weighted by atomic mass is 79.9. The Morgan fingerprint density at radius 2 is 2.18 bits per heavy atom. The van der Waals surface area contributed by atoms with Gasteiger partial charge in [-0.2, -0.15) is 0 Å². The van der Waals surface area contributed by atoms with Gasteiger partial charge in [-0.25, -0.2) is 0 Å². The summed E-state index contributed by atoms with van der Waals surface area (Å²) in [4.78, 5) is 1.09. The van der Waals surface area contributed by atoms with Crippen molar-refractivity contribution in [3.63, 3.8) is 0 Å². The highest BCUT2D eigenvalue weighted by Crippen LogP contribution is 2.30. The lowest BCUT2D eigenvalue weighted by Crippen LogP contribution is -2.05. The number of alkyl halides is 1. The first-order valence-corrected chi connectivity index (χ1v) is 5.71. The zero-order valence-corrected chi connectivity index (χ0v) is 9.91. The number of halogens is 2. The van der Waals surface area contributed by atoms with Crippen LogP contribution in [0.3, 0.4) is 0 Å². The third kappa shape index (κ3) is 2.54. The fourth-order valence-corrected chi connectivity index (χ4v) is 2.69. The lowest BCUT2D eigenvalue weighted by atomic mass is 10.2. The van der Waals surface area contributed by atoms with Crippen LogP contribution < -0.4 is 0 Å². The third-order valence-electron chi connectivity index (χ3n) is 1.32. The average Bonchev–Trinajstić information content (AvgIpc) is 2.34. The highest BCUT2D eigenvalue weighted by Gasteiger charge is 2.14. The van der Waals surface area contributed by atoms with E-state index in [1.54, 1.807) is 11.3 Å². The summed E-state index contributed by atoms with van der Waals surface area (Å²) >= 11 is 8.23. The van der Waals surface area contributed by atoms with Crippen LogP contribution in [0, 0.1) is 0 Å². The van der Waals surface area contributed by atoms with Gasteiger partial charge in [0.2, 0.25) is 0 Å². The summed E-state index contributed by atoms with van der Waals surface area (Å²) < 4.78 is 1.06. The van der Waals surface area contributed by atoms with Crippen LogP contribution in [0.2, 0.25) is 0 Å². The van der Waals surface area contributed by atoms with E-state index in [0.29, 0.717) is 0 Å². The van der Waals surface area contributed by atoms with Gasteiger partial charge in [-0.15, -0.1) is 11.3 Å². The Morgan fingerprint density at radius 1 is 1.55 bits per heavy atom. The van der Waals surface area contributed by atoms with Crippen molar-refractivity contribution in [1.82, 2.24) is 0 Å². The van der Waals surface area contributed by atoms with E-state index in [1.165, 1.54) is 0 Å². The van der Waals surface area contributed by atoms with Crippen molar-refractivity contribution in [3.8, 4) is 0 Å². The van der Waals surface area contributed by atoms with Gasteiger partial charge in [0.1, 0.15) is 6.10 Å². The molecule has 2 atom stereocenters. The van der Waals surface area contributed by atoms with Crippen molar-refractivity contribution in [3.05, 3.63) is 20.8 Å². The molecule has 0 aliphatic carbocycles. The van der Waals surface area contributed by atoms with Crippen LogP contribution in [0.1, 0.15) is 17.9 Å². The Labute approximate surface area is 86.7 Å². The van der Waals surface area contributed by atoms with Crippen LogP contribution in [0.15, 0.2) is 15.9 Å². The van der Waals surface area contributed by atoms with Gasteiger partial charge in [-0.05, 0) is 35.0 Å². The molecule has 1 rings (SSSR count). The molecule has 0 bridgehead atoms. The Bertz CT molecular complexity index is 234. The van der Waals surface area contributed by atoms with Crippen molar-refractivity contribution in [2.24, 2.45) is 0 Å². The predicted molar refractivity (Wildman–Crippen MR) is 55.4 cm³/mol. The molecule has 1 aromatic heterocycles. The number of hydrogen-bond donors (Lipinski definition) is 1. The summed E-state index contributed by atoms with van der Waals surface area (Å²) in [5.41, 5.74) is 0. The molecule has 62 valence electrons. The molecule has 0 aliphatic heterocycles. The molecule has 0 aromatic carbocycles. The molecular weight excluding hydrogens is 292 g/mol. The van der Waals surface area contributed by atoms with Crippen LogP contribution in [0.25, 0.3) is 0 Å². The van der Waals surface area contributed by atoms with Crippen molar-refractivity contribution in [1.29, 1.82) is 0 Å². The van der Waals surface area contributed by atoms with Crippen LogP contribution in [0.4, 0.5) is 0 Å². The number of aliphatic hydroxyl groups excluding tert-OH is 1. The van der Waals surface area contributed by atoms with Crippen molar-refractivity contribution >= 4 is 43.2 Å². The van der Waals surface area contributed by atoms with Gasteiger partial charge in [-0.3, -0.25) is 0 Å². The molecule has 0 amide bonds. The van der Waals surface area contributed by atoms with Gasteiger partial charge in [0.25, 0.3) is 0 Å². The van der Waals surface area contributed by atoms with Crippen molar-refractivity contribution < 1.29 is 5.11 Å². The number of aliphatic hydroxyl groups is 1. The largest absolute Gasteiger partial charge is 0.386 e. The minimum atomic E-state index is -0.397. The fourth-order valence-electron chi connectivity index (χ4n) is 0.714. The Hall–Kier alpha value is 0.620. The summed E-state index contributed by atoms with van der Waals surface area (Å²) in [6.45, 7) is 1.93. The van der Waals surface area contributed by atoms with E-state index in [0.717, 1.165) is 8.66 Å². The Balaban J connectivity index is 2.76. The predicted octanol–water partition coefficient (Wildman–Crippen LogP) is 3.33. The molecular formula is C7H8Br2OS. The maximum absolute atomic E-state index is 9.55. The maximum Gasteiger partial charge on any atom is 0.100 e. The molecule has 0 radical (unpaired) electrons. The van der Waals surface area contributed by atoms with Gasteiger partial charge in [0, 0.05) is 9.70 Å². The Kier molecular flexibility index (Phi) is 3.55. The second kappa shape index (κ2) is 4.03. The summed E-state index contributed by atoms with van der Waals surface area (Å²) in [6, 6.07) is 3.87. The van der Waals surface area contributed by atoms with Crippen molar-refractivity contribution in [2.45, 2.75) is 17.9 Å². The van der Waals surface area contributed by atoms with E-state index in [-0.39, 0.29) is 4.83 Å². The number of hydrogen-bond acceptors (Lipinski definition) is 2. The van der Waals surface area contributed by atoms with Crippen LogP contribution in [-0.4, -0.2) is 9.93 Å². The molecule has 1 nitrogen and oxygen atoms in total. The molecule has 1 N–H and O–H groups in total. The van der Waals surface area contributed by atoms with E-state index < -0.39 is 6.10 Å². The minimum absolute atomic E-state index is 0.105. The molecule has 0 saturated heterocycles. The second-order valence-corrected chi connectivity index (χ2v) is 6.20. The van der Waals surface area contributed by atoms with Gasteiger partial charge in [-0.1, -0.05) is 15.9 Å². The van der Waals surface area contributed by atoms with E-state index >= 15 is 0 Å². The van der Waals surface area contributed by atoms with Gasteiger partial charge in [0.15, 0.2) is 0 Å². The number of rotatable bonds is 2. The maximum atomic E-state index is 9.55. The third-order valence-corrected chi connectivity index (χ3v) is 3.52. The summed E-state index contributed by atoms with van der Waals surface area (Å²) in [6.07, 6.45) is -0.397. The van der Waals surface area contributed by atoms with Gasteiger partial charge in [0.05, 0.1) is 3.79 Å². The smallest absolute Gasteiger partial charge is 0.100 e. The lowest BCUT2D eigenvalue weighted by molar-refractivity contribution is 0.185. The average molecular weight is 300 g/mol. The molecule has 1 heterocycles. The zero-order chi connectivity index (χ0) is 8.43. The molecule has 4 heteroatoms. The molecule has 0 saturated carbocycles. The second-order valence-electron chi connectivity index (χ2n) is 2.26. The van der Waals surface area contributed by atoms with Crippen molar-refractivity contribution in [2.75, 3.05) is 0 Å². The minimum Gasteiger partial charge on any atom is -0.386 e. The van der Waals surface area contributed by atoms with Crippen LogP contribution in [-0.2, 0) is 0 Å². The molecule has 0 aliphatic rings. The summed E-state index contributed by atoms with van der Waals surface area (Å²) in [7, 11) is 0. The molecule has 1 aromatic rings. The monoisotopic (exact) mass is 298 g/mol. The highest BCUT2D eigenvalue weighted by molar-refractivity contribution is 9.11. The van der Waals surface area contributed by atoms with E-state index in [9.17, 15) is 5.11 Å². The molecule has 11 heavy (non-hydrogen) atoms. The first-order chi connectivity index (χ1) is 5.11. The first kappa shape index (κ1) is 9.71. The van der Waals surface area contributed by atoms with E-state index in [1.807, 2.05) is 19.1 Å². The van der Waals surface area contributed by atoms with E-state index in [2.05, 4.69) is 31.9 Å². The summed E-state index contributed by atoms with van der Waals surface area (Å²) in [5, 5.41) is 9.55. The SMILES string of the molecule is CC(Br)C(O)c1ccc(Br)s1. The summed E-state index contributed by atoms with van der Waals surface area (Å²) in [5.74, 6) is 0. The fraction of sp³-hybridized carbons (Fsp3) is 0.429. The lowest BCUT2D eigenvalue weighted by Gasteiger charge is -2.09. The first-order valence-electron chi connectivity index (χ1n) is 3.18. The van der Waals surface area contributed by atoms with Gasteiger partial charge >= 0.3 is 0 Å². The molecule has 0 spiro atoms. The van der Waals surface area contributed by atoms with Gasteiger partial charge < -0.3 is 5.11 Å². The van der Waals surface area contributed by atoms with Crippen LogP contribution in [0.5, 0.6) is 0 Å². The topological polar surface area (TPSA) is 20.2 Å². The number of thiophene rings is 1.